The fourth-order valence-electron chi connectivity index (χ4n) is 8.76. The van der Waals surface area contributed by atoms with Crippen LogP contribution in [0.25, 0.3) is 44.5 Å². The van der Waals surface area contributed by atoms with Gasteiger partial charge in [-0.25, -0.2) is 0 Å². The van der Waals surface area contributed by atoms with Gasteiger partial charge in [0.15, 0.2) is 0 Å². The molecule has 1 aliphatic rings. The molecule has 59 heavy (non-hydrogen) atoms. The van der Waals surface area contributed by atoms with E-state index >= 15 is 0 Å². The maximum absolute atomic E-state index is 2.42. The van der Waals surface area contributed by atoms with Gasteiger partial charge in [0.05, 0.1) is 0 Å². The number of rotatable bonds is 9. The van der Waals surface area contributed by atoms with Gasteiger partial charge in [0.2, 0.25) is 0 Å². The van der Waals surface area contributed by atoms with Crippen molar-refractivity contribution in [2.45, 2.75) is 19.3 Å². The normalized spacial score (nSPS) is 12.4. The highest BCUT2D eigenvalue weighted by Crippen LogP contribution is 2.52. The summed E-state index contributed by atoms with van der Waals surface area (Å²) < 4.78 is 0. The molecule has 0 N–H and O–H groups in total. The zero-order chi connectivity index (χ0) is 39.8. The van der Waals surface area contributed by atoms with Gasteiger partial charge in [-0.15, -0.1) is 0 Å². The molecule has 0 aliphatic heterocycles. The highest BCUT2D eigenvalue weighted by atomic mass is 15.1. The van der Waals surface area contributed by atoms with Crippen molar-refractivity contribution in [1.29, 1.82) is 0 Å². The molecule has 0 saturated heterocycles. The quantitative estimate of drug-likeness (QED) is 0.145. The van der Waals surface area contributed by atoms with Crippen LogP contribution in [0.1, 0.15) is 25.0 Å². The molecule has 2 heteroatoms. The molecule has 0 saturated carbocycles. The van der Waals surface area contributed by atoms with Crippen LogP contribution in [0.2, 0.25) is 0 Å². The maximum atomic E-state index is 2.42. The highest BCUT2D eigenvalue weighted by molar-refractivity contribution is 5.88. The summed E-state index contributed by atoms with van der Waals surface area (Å²) in [5.74, 6) is 0. The lowest BCUT2D eigenvalue weighted by atomic mass is 9.81. The summed E-state index contributed by atoms with van der Waals surface area (Å²) in [6.45, 7) is 4.74. The van der Waals surface area contributed by atoms with Gasteiger partial charge < -0.3 is 9.80 Å². The van der Waals surface area contributed by atoms with Crippen molar-refractivity contribution in [2.24, 2.45) is 0 Å². The fraction of sp³-hybridized carbons (Fsp3) is 0.0526. The van der Waals surface area contributed by atoms with E-state index in [9.17, 15) is 0 Å². The minimum Gasteiger partial charge on any atom is -0.311 e. The Bertz CT molecular complexity index is 2850. The molecular weight excluding hydrogens is 713 g/mol. The Labute approximate surface area is 347 Å². The van der Waals surface area contributed by atoms with Gasteiger partial charge in [0, 0.05) is 39.5 Å². The molecule has 2 nitrogen and oxygen atoms in total. The van der Waals surface area contributed by atoms with Gasteiger partial charge in [-0.1, -0.05) is 166 Å². The molecule has 0 amide bonds. The Morgan fingerprint density at radius 1 is 0.254 bits per heavy atom. The van der Waals surface area contributed by atoms with E-state index in [4.69, 9.17) is 0 Å². The van der Waals surface area contributed by atoms with E-state index in [2.05, 4.69) is 254 Å². The van der Waals surface area contributed by atoms with Crippen LogP contribution in [-0.4, -0.2) is 0 Å². The van der Waals surface area contributed by atoms with E-state index in [1.54, 1.807) is 0 Å². The zero-order valence-electron chi connectivity index (χ0n) is 33.3. The molecule has 10 rings (SSSR count). The van der Waals surface area contributed by atoms with E-state index < -0.39 is 0 Å². The Morgan fingerprint density at radius 3 is 0.983 bits per heavy atom. The van der Waals surface area contributed by atoms with E-state index in [0.717, 1.165) is 34.1 Å². The Hall–Kier alpha value is -7.42. The van der Waals surface area contributed by atoms with Crippen LogP contribution in [0.3, 0.4) is 0 Å². The maximum Gasteiger partial charge on any atom is 0.0465 e. The van der Waals surface area contributed by atoms with Gasteiger partial charge in [0.1, 0.15) is 0 Å². The van der Waals surface area contributed by atoms with Gasteiger partial charge in [-0.05, 0) is 134 Å². The van der Waals surface area contributed by atoms with Gasteiger partial charge in [0.25, 0.3) is 0 Å². The second-order valence-electron chi connectivity index (χ2n) is 15.8. The van der Waals surface area contributed by atoms with Crippen molar-refractivity contribution in [3.63, 3.8) is 0 Å². The van der Waals surface area contributed by atoms with Crippen molar-refractivity contribution < 1.29 is 0 Å². The van der Waals surface area contributed by atoms with Gasteiger partial charge >= 0.3 is 0 Å². The van der Waals surface area contributed by atoms with Crippen LogP contribution >= 0.6 is 0 Å². The number of fused-ring (bicyclic) bond motifs is 3. The second kappa shape index (κ2) is 15.2. The van der Waals surface area contributed by atoms with Crippen molar-refractivity contribution in [1.82, 2.24) is 0 Å². The molecular formula is C57H44N2. The second-order valence-corrected chi connectivity index (χ2v) is 15.8. The predicted molar refractivity (Wildman–Crippen MR) is 250 cm³/mol. The Morgan fingerprint density at radius 2 is 0.542 bits per heavy atom. The fourth-order valence-corrected chi connectivity index (χ4v) is 8.76. The summed E-state index contributed by atoms with van der Waals surface area (Å²) in [6, 6.07) is 83.3. The third-order valence-electron chi connectivity index (χ3n) is 11.9. The summed E-state index contributed by atoms with van der Waals surface area (Å²) in [7, 11) is 0. The van der Waals surface area contributed by atoms with E-state index in [-0.39, 0.29) is 5.41 Å². The molecule has 0 aromatic heterocycles. The summed E-state index contributed by atoms with van der Waals surface area (Å²) >= 11 is 0. The largest absolute Gasteiger partial charge is 0.311 e. The smallest absolute Gasteiger partial charge is 0.0465 e. The summed E-state index contributed by atoms with van der Waals surface area (Å²) in [5.41, 5.74) is 19.2. The molecule has 0 unspecified atom stereocenters. The lowest BCUT2D eigenvalue weighted by Gasteiger charge is -2.28. The molecule has 9 aromatic rings. The highest BCUT2D eigenvalue weighted by Gasteiger charge is 2.36. The van der Waals surface area contributed by atoms with Crippen LogP contribution in [0, 0.1) is 0 Å². The molecule has 9 aromatic carbocycles. The van der Waals surface area contributed by atoms with Crippen molar-refractivity contribution in [3.8, 4) is 44.5 Å². The first-order valence-electron chi connectivity index (χ1n) is 20.4. The van der Waals surface area contributed by atoms with Crippen molar-refractivity contribution in [3.05, 3.63) is 242 Å². The van der Waals surface area contributed by atoms with Crippen LogP contribution < -0.4 is 9.80 Å². The van der Waals surface area contributed by atoms with Crippen molar-refractivity contribution >= 4 is 34.1 Å². The van der Waals surface area contributed by atoms with Crippen LogP contribution in [0.5, 0.6) is 0 Å². The predicted octanol–water partition coefficient (Wildman–Crippen LogP) is 15.9. The van der Waals surface area contributed by atoms with Gasteiger partial charge in [-0.3, -0.25) is 0 Å². The summed E-state index contributed by atoms with van der Waals surface area (Å²) in [6.07, 6.45) is 0. The SMILES string of the molecule is CC1(C)c2cc(-c3ccc(N(c4ccccc4)c4ccc(-c5ccccc5)cc4)cc3)ccc2-c2ccc(N(c3ccccc3)c3ccc(-c4ccccc4)cc3)cc21. The third-order valence-corrected chi connectivity index (χ3v) is 11.9. The molecule has 0 radical (unpaired) electrons. The Balaban J connectivity index is 0.960. The first-order valence-corrected chi connectivity index (χ1v) is 20.4. The first kappa shape index (κ1) is 36.0. The minimum absolute atomic E-state index is 0.188. The lowest BCUT2D eigenvalue weighted by Crippen LogP contribution is -2.16. The number of hydrogen-bond donors (Lipinski definition) is 0. The first-order chi connectivity index (χ1) is 29.0. The molecule has 1 aliphatic carbocycles. The molecule has 0 bridgehead atoms. The number of anilines is 6. The molecule has 0 fully saturated rings. The number of benzene rings is 9. The molecule has 0 heterocycles. The number of nitrogens with zero attached hydrogens (tertiary/aromatic N) is 2. The zero-order valence-corrected chi connectivity index (χ0v) is 33.3. The topological polar surface area (TPSA) is 6.48 Å². The lowest BCUT2D eigenvalue weighted by molar-refractivity contribution is 0.660. The molecule has 0 spiro atoms. The summed E-state index contributed by atoms with van der Waals surface area (Å²) in [5, 5.41) is 0. The van der Waals surface area contributed by atoms with Crippen LogP contribution in [-0.2, 0) is 5.41 Å². The molecule has 0 atom stereocenters. The number of para-hydroxylation sites is 2. The standard InChI is InChI=1S/C57H44N2/c1-57(2)55-39-46(45-27-34-50(35-28-45)58(47-19-11-5-12-20-47)49-30-23-43(24-31-49)41-15-7-3-8-16-41)29-37-53(55)54-38-36-52(40-56(54)57)59(48-21-13-6-14-22-48)51-32-25-44(26-33-51)42-17-9-4-10-18-42/h3-40H,1-2H3. The van der Waals surface area contributed by atoms with E-state index in [1.807, 2.05) is 0 Å². The van der Waals surface area contributed by atoms with Crippen LogP contribution in [0.15, 0.2) is 231 Å². The monoisotopic (exact) mass is 756 g/mol. The van der Waals surface area contributed by atoms with Crippen LogP contribution in [0.4, 0.5) is 34.1 Å². The average molecular weight is 757 g/mol. The van der Waals surface area contributed by atoms with E-state index in [1.165, 1.54) is 55.6 Å². The van der Waals surface area contributed by atoms with Crippen molar-refractivity contribution in [2.75, 3.05) is 9.80 Å². The third kappa shape index (κ3) is 6.79. The van der Waals surface area contributed by atoms with Gasteiger partial charge in [-0.2, -0.15) is 0 Å². The van der Waals surface area contributed by atoms with E-state index in [0.29, 0.717) is 0 Å². The Kier molecular flexibility index (Phi) is 9.24. The average Bonchev–Trinajstić information content (AvgIpc) is 3.53. The minimum atomic E-state index is -0.188. The molecule has 282 valence electrons. The summed E-state index contributed by atoms with van der Waals surface area (Å²) in [4.78, 5) is 4.70. The number of hydrogen-bond acceptors (Lipinski definition) is 2.